The predicted molar refractivity (Wildman–Crippen MR) is 115 cm³/mol. The molecule has 2 amide bonds. The highest BCUT2D eigenvalue weighted by Crippen LogP contribution is 2.29. The van der Waals surface area contributed by atoms with Crippen LogP contribution in [0.1, 0.15) is 18.9 Å². The molecule has 0 aliphatic carbocycles. The minimum atomic E-state index is -0.563. The molecule has 1 atom stereocenters. The van der Waals surface area contributed by atoms with Gasteiger partial charge in [-0.05, 0) is 41.5 Å². The van der Waals surface area contributed by atoms with Gasteiger partial charge in [0.1, 0.15) is 11.9 Å². The lowest BCUT2D eigenvalue weighted by atomic mass is 10.0. The molecule has 1 unspecified atom stereocenters. The van der Waals surface area contributed by atoms with Gasteiger partial charge >= 0.3 is 6.09 Å². The number of ether oxygens (including phenoxy) is 1. The van der Waals surface area contributed by atoms with E-state index in [1.165, 1.54) is 17.9 Å². The van der Waals surface area contributed by atoms with E-state index in [1.54, 1.807) is 23.9 Å². The largest absolute Gasteiger partial charge is 0.442 e. The second kappa shape index (κ2) is 10.4. The van der Waals surface area contributed by atoms with Gasteiger partial charge < -0.3 is 10.1 Å². The summed E-state index contributed by atoms with van der Waals surface area (Å²) in [5.41, 5.74) is 2.69. The standard InChI is InChI=1S/C22H24F2N2O3S/c1-15(27)25-12-19-13-26(22(28)29-19)18-7-8-20(21(24)11-18)17-5-3-16(4-6-17)14-30-10-2-9-23/h3-8,11,19H,2,9-10,12-14H2,1H3,(H,25,27). The van der Waals surface area contributed by atoms with Crippen LogP contribution in [0.25, 0.3) is 11.1 Å². The minimum Gasteiger partial charge on any atom is -0.442 e. The third-order valence-electron chi connectivity index (χ3n) is 4.67. The van der Waals surface area contributed by atoms with Crippen LogP contribution in [-0.2, 0) is 15.3 Å². The van der Waals surface area contributed by atoms with Crippen molar-refractivity contribution < 1.29 is 23.1 Å². The average molecular weight is 435 g/mol. The maximum atomic E-state index is 14.8. The molecule has 0 saturated carbocycles. The Kier molecular flexibility index (Phi) is 7.68. The summed E-state index contributed by atoms with van der Waals surface area (Å²) in [6.07, 6.45) is -0.481. The molecule has 0 radical (unpaired) electrons. The summed E-state index contributed by atoms with van der Waals surface area (Å²) in [5, 5.41) is 2.61. The fourth-order valence-corrected chi connectivity index (χ4v) is 4.02. The number of hydrogen-bond acceptors (Lipinski definition) is 4. The molecule has 1 aliphatic rings. The SMILES string of the molecule is CC(=O)NCC1CN(c2ccc(-c3ccc(CSCCCF)cc3)c(F)c2)C(=O)O1. The van der Waals surface area contributed by atoms with Crippen LogP contribution in [0, 0.1) is 5.82 Å². The minimum absolute atomic E-state index is 0.204. The third-order valence-corrected chi connectivity index (χ3v) is 5.79. The highest BCUT2D eigenvalue weighted by molar-refractivity contribution is 7.98. The average Bonchev–Trinajstić information content (AvgIpc) is 3.11. The molecule has 0 aromatic heterocycles. The number of nitrogens with one attached hydrogen (secondary N) is 1. The van der Waals surface area contributed by atoms with Gasteiger partial charge in [0, 0.05) is 18.2 Å². The maximum Gasteiger partial charge on any atom is 0.414 e. The molecule has 2 aromatic rings. The first-order valence-electron chi connectivity index (χ1n) is 9.73. The fraction of sp³-hybridized carbons (Fsp3) is 0.364. The molecule has 0 spiro atoms. The lowest BCUT2D eigenvalue weighted by Crippen LogP contribution is -2.33. The number of anilines is 1. The Bertz CT molecular complexity index is 892. The Morgan fingerprint density at radius 2 is 2.03 bits per heavy atom. The van der Waals surface area contributed by atoms with E-state index < -0.39 is 18.0 Å². The zero-order valence-electron chi connectivity index (χ0n) is 16.7. The second-order valence-corrected chi connectivity index (χ2v) is 8.11. The normalized spacial score (nSPS) is 15.9. The molecular weight excluding hydrogens is 410 g/mol. The number of cyclic esters (lactones) is 1. The summed E-state index contributed by atoms with van der Waals surface area (Å²) < 4.78 is 32.1. The lowest BCUT2D eigenvalue weighted by molar-refractivity contribution is -0.119. The van der Waals surface area contributed by atoms with Crippen LogP contribution in [0.2, 0.25) is 0 Å². The van der Waals surface area contributed by atoms with Crippen molar-refractivity contribution in [1.29, 1.82) is 0 Å². The van der Waals surface area contributed by atoms with E-state index in [9.17, 15) is 18.4 Å². The van der Waals surface area contributed by atoms with Gasteiger partial charge in [0.25, 0.3) is 0 Å². The van der Waals surface area contributed by atoms with Crippen molar-refractivity contribution in [2.24, 2.45) is 0 Å². The van der Waals surface area contributed by atoms with Gasteiger partial charge in [-0.25, -0.2) is 9.18 Å². The zero-order valence-corrected chi connectivity index (χ0v) is 17.5. The summed E-state index contributed by atoms with van der Waals surface area (Å²) in [4.78, 5) is 24.5. The summed E-state index contributed by atoms with van der Waals surface area (Å²) in [7, 11) is 0. The molecule has 0 bridgehead atoms. The number of alkyl halides is 1. The number of carbonyl (C=O) groups excluding carboxylic acids is 2. The Morgan fingerprint density at radius 1 is 1.27 bits per heavy atom. The molecule has 1 heterocycles. The van der Waals surface area contributed by atoms with Gasteiger partial charge in [0.05, 0.1) is 25.5 Å². The molecule has 8 heteroatoms. The molecule has 1 aliphatic heterocycles. The van der Waals surface area contributed by atoms with Crippen molar-refractivity contribution in [1.82, 2.24) is 5.32 Å². The highest BCUT2D eigenvalue weighted by Gasteiger charge is 2.32. The van der Waals surface area contributed by atoms with E-state index >= 15 is 0 Å². The summed E-state index contributed by atoms with van der Waals surface area (Å²) in [5.74, 6) is 0.928. The predicted octanol–water partition coefficient (Wildman–Crippen LogP) is 4.55. The highest BCUT2D eigenvalue weighted by atomic mass is 32.2. The smallest absolute Gasteiger partial charge is 0.414 e. The summed E-state index contributed by atoms with van der Waals surface area (Å²) in [6, 6.07) is 12.2. The first kappa shape index (κ1) is 22.1. The topological polar surface area (TPSA) is 58.6 Å². The second-order valence-electron chi connectivity index (χ2n) is 7.01. The van der Waals surface area contributed by atoms with Crippen LogP contribution < -0.4 is 10.2 Å². The summed E-state index contributed by atoms with van der Waals surface area (Å²) in [6.45, 7) is 1.55. The van der Waals surface area contributed by atoms with Gasteiger partial charge in [-0.1, -0.05) is 24.3 Å². The van der Waals surface area contributed by atoms with Crippen LogP contribution in [0.5, 0.6) is 0 Å². The fourth-order valence-electron chi connectivity index (χ4n) is 3.13. The molecule has 30 heavy (non-hydrogen) atoms. The molecule has 1 N–H and O–H groups in total. The number of carbonyl (C=O) groups is 2. The first-order chi connectivity index (χ1) is 14.5. The first-order valence-corrected chi connectivity index (χ1v) is 10.9. The number of nitrogens with zero attached hydrogens (tertiary/aromatic N) is 1. The molecule has 1 saturated heterocycles. The number of amides is 2. The monoisotopic (exact) mass is 434 g/mol. The van der Waals surface area contributed by atoms with Crippen LogP contribution in [0.15, 0.2) is 42.5 Å². The van der Waals surface area contributed by atoms with Crippen molar-refractivity contribution in [3.8, 4) is 11.1 Å². The van der Waals surface area contributed by atoms with Gasteiger partial charge in [-0.15, -0.1) is 0 Å². The molecule has 3 rings (SSSR count). The zero-order chi connectivity index (χ0) is 21.5. The van der Waals surface area contributed by atoms with Crippen LogP contribution >= 0.6 is 11.8 Å². The van der Waals surface area contributed by atoms with Crippen LogP contribution in [-0.4, -0.2) is 43.6 Å². The van der Waals surface area contributed by atoms with E-state index in [2.05, 4.69) is 5.32 Å². The van der Waals surface area contributed by atoms with Gasteiger partial charge in [-0.3, -0.25) is 14.1 Å². The van der Waals surface area contributed by atoms with Crippen molar-refractivity contribution >= 4 is 29.4 Å². The number of halogens is 2. The Labute approximate surface area is 178 Å². The van der Waals surface area contributed by atoms with Gasteiger partial charge in [-0.2, -0.15) is 11.8 Å². The van der Waals surface area contributed by atoms with Crippen molar-refractivity contribution in [3.63, 3.8) is 0 Å². The molecule has 160 valence electrons. The van der Waals surface area contributed by atoms with E-state index in [0.29, 0.717) is 17.7 Å². The quantitative estimate of drug-likeness (QED) is 0.589. The number of hydrogen-bond donors (Lipinski definition) is 1. The number of rotatable bonds is 9. The van der Waals surface area contributed by atoms with E-state index in [4.69, 9.17) is 4.74 Å². The molecule has 2 aromatic carbocycles. The van der Waals surface area contributed by atoms with Crippen molar-refractivity contribution in [3.05, 3.63) is 53.8 Å². The number of thioether (sulfide) groups is 1. The Morgan fingerprint density at radius 3 is 2.70 bits per heavy atom. The summed E-state index contributed by atoms with van der Waals surface area (Å²) >= 11 is 1.67. The van der Waals surface area contributed by atoms with Crippen LogP contribution in [0.3, 0.4) is 0 Å². The van der Waals surface area contributed by atoms with Gasteiger partial charge in [0.2, 0.25) is 5.91 Å². The Balaban J connectivity index is 1.65. The van der Waals surface area contributed by atoms with E-state index in [-0.39, 0.29) is 25.7 Å². The van der Waals surface area contributed by atoms with E-state index in [1.807, 2.05) is 24.3 Å². The molecule has 1 fully saturated rings. The maximum absolute atomic E-state index is 14.8. The molecule has 5 nitrogen and oxygen atoms in total. The van der Waals surface area contributed by atoms with Gasteiger partial charge in [0.15, 0.2) is 0 Å². The van der Waals surface area contributed by atoms with Crippen molar-refractivity contribution in [2.75, 3.05) is 30.4 Å². The van der Waals surface area contributed by atoms with Crippen LogP contribution in [0.4, 0.5) is 19.3 Å². The van der Waals surface area contributed by atoms with Crippen molar-refractivity contribution in [2.45, 2.75) is 25.2 Å². The third kappa shape index (κ3) is 5.72. The molecular formula is C22H24F2N2O3S. The van der Waals surface area contributed by atoms with E-state index in [0.717, 1.165) is 22.6 Å². The lowest BCUT2D eigenvalue weighted by Gasteiger charge is -2.14. The number of benzene rings is 2. The Hall–Kier alpha value is -2.61.